The van der Waals surface area contributed by atoms with E-state index >= 15 is 0 Å². The number of rotatable bonds is 6. The fraction of sp³-hybridized carbons (Fsp3) is 0.600. The number of nitrogens with one attached hydrogen (secondary N) is 1. The lowest BCUT2D eigenvalue weighted by Gasteiger charge is -2.47. The van der Waals surface area contributed by atoms with Crippen molar-refractivity contribution in [2.24, 2.45) is 17.3 Å². The van der Waals surface area contributed by atoms with Gasteiger partial charge in [0.15, 0.2) is 0 Å². The van der Waals surface area contributed by atoms with E-state index in [9.17, 15) is 14.7 Å². The Morgan fingerprint density at radius 2 is 1.97 bits per heavy atom. The molecule has 0 saturated heterocycles. The molecule has 1 saturated carbocycles. The van der Waals surface area contributed by atoms with Crippen LogP contribution >= 0.6 is 11.6 Å². The van der Waals surface area contributed by atoms with Crippen molar-refractivity contribution in [2.75, 3.05) is 0 Å². The van der Waals surface area contributed by atoms with Crippen LogP contribution in [0.3, 0.4) is 0 Å². The second-order valence-corrected chi connectivity index (χ2v) is 11.1. The summed E-state index contributed by atoms with van der Waals surface area (Å²) in [6.45, 7) is 12.9. The zero-order valence-corrected chi connectivity index (χ0v) is 20.2. The molecule has 1 aromatic rings. The van der Waals surface area contributed by atoms with Gasteiger partial charge in [0, 0.05) is 17.3 Å². The Hall–Kier alpha value is -2.01. The number of carboxylic acid groups (broad SMARTS) is 1. The van der Waals surface area contributed by atoms with Crippen LogP contribution in [0.25, 0.3) is 0 Å². The molecular weight excluding hydrogens is 412 g/mol. The summed E-state index contributed by atoms with van der Waals surface area (Å²) in [5.74, 6) is -0.947. The van der Waals surface area contributed by atoms with E-state index in [4.69, 9.17) is 11.6 Å². The molecule has 1 atom stereocenters. The van der Waals surface area contributed by atoms with Gasteiger partial charge in [-0.3, -0.25) is 9.69 Å². The molecule has 2 amide bonds. The molecular formula is C25H35ClN2O3. The van der Waals surface area contributed by atoms with Gasteiger partial charge >= 0.3 is 12.0 Å². The minimum Gasteiger partial charge on any atom is -0.481 e. The van der Waals surface area contributed by atoms with Crippen molar-refractivity contribution in [3.63, 3.8) is 0 Å². The van der Waals surface area contributed by atoms with E-state index < -0.39 is 11.5 Å². The standard InChI is InChI=1S/C25H35ClN2O3/c1-15(2)20-14-28(19-11-17(12-19)22(29)30)23(31)27-25(20,6)18-8-7-16(21(26)13-18)9-10-24(3,4)5/h7-8,13-15,17,19H,9-12H2,1-6H3,(H,27,31)(H,29,30)/t17-,19-,25-/m0/s1. The van der Waals surface area contributed by atoms with Crippen LogP contribution in [-0.2, 0) is 16.8 Å². The van der Waals surface area contributed by atoms with Crippen LogP contribution in [0.5, 0.6) is 0 Å². The predicted molar refractivity (Wildman–Crippen MR) is 124 cm³/mol. The normalized spacial score (nSPS) is 26.4. The number of carbonyl (C=O) groups excluding carboxylic acids is 1. The number of aliphatic carboxylic acids is 1. The molecule has 0 bridgehead atoms. The largest absolute Gasteiger partial charge is 0.481 e. The molecule has 6 heteroatoms. The second-order valence-electron chi connectivity index (χ2n) is 10.7. The number of hydrogen-bond donors (Lipinski definition) is 2. The Labute approximate surface area is 190 Å². The Morgan fingerprint density at radius 3 is 2.48 bits per heavy atom. The van der Waals surface area contributed by atoms with Gasteiger partial charge in [-0.15, -0.1) is 0 Å². The van der Waals surface area contributed by atoms with Gasteiger partial charge in [-0.05, 0) is 66.7 Å². The topological polar surface area (TPSA) is 69.6 Å². The maximum atomic E-state index is 13.0. The Balaban J connectivity index is 1.88. The first-order chi connectivity index (χ1) is 14.3. The summed E-state index contributed by atoms with van der Waals surface area (Å²) in [5.41, 5.74) is 2.75. The average molecular weight is 447 g/mol. The van der Waals surface area contributed by atoms with Crippen LogP contribution in [-0.4, -0.2) is 28.0 Å². The van der Waals surface area contributed by atoms with E-state index in [0.29, 0.717) is 12.8 Å². The van der Waals surface area contributed by atoms with E-state index in [-0.39, 0.29) is 29.3 Å². The molecule has 0 radical (unpaired) electrons. The first-order valence-corrected chi connectivity index (χ1v) is 11.5. The summed E-state index contributed by atoms with van der Waals surface area (Å²) in [6.07, 6.45) is 4.89. The van der Waals surface area contributed by atoms with Gasteiger partial charge in [-0.1, -0.05) is 58.4 Å². The van der Waals surface area contributed by atoms with Gasteiger partial charge in [0.2, 0.25) is 0 Å². The maximum absolute atomic E-state index is 13.0. The lowest BCUT2D eigenvalue weighted by Crippen LogP contribution is -2.59. The fourth-order valence-corrected chi connectivity index (χ4v) is 4.79. The molecule has 3 rings (SSSR count). The van der Waals surface area contributed by atoms with Gasteiger partial charge in [-0.25, -0.2) is 4.79 Å². The molecule has 31 heavy (non-hydrogen) atoms. The number of benzene rings is 1. The molecule has 1 heterocycles. The van der Waals surface area contributed by atoms with Crippen molar-refractivity contribution in [2.45, 2.75) is 78.8 Å². The molecule has 170 valence electrons. The maximum Gasteiger partial charge on any atom is 0.322 e. The van der Waals surface area contributed by atoms with Gasteiger partial charge in [-0.2, -0.15) is 0 Å². The minimum atomic E-state index is -0.784. The third-order valence-corrected chi connectivity index (χ3v) is 7.05. The highest BCUT2D eigenvalue weighted by molar-refractivity contribution is 6.31. The molecule has 5 nitrogen and oxygen atoms in total. The number of amides is 2. The number of urea groups is 1. The van der Waals surface area contributed by atoms with Crippen LogP contribution < -0.4 is 5.32 Å². The summed E-state index contributed by atoms with van der Waals surface area (Å²) >= 11 is 6.66. The predicted octanol–water partition coefficient (Wildman–Crippen LogP) is 5.96. The van der Waals surface area contributed by atoms with Crippen molar-refractivity contribution < 1.29 is 14.7 Å². The molecule has 1 aliphatic heterocycles. The van der Waals surface area contributed by atoms with Gasteiger partial charge in [0.1, 0.15) is 0 Å². The summed E-state index contributed by atoms with van der Waals surface area (Å²) in [6, 6.07) is 5.88. The minimum absolute atomic E-state index is 0.0669. The summed E-state index contributed by atoms with van der Waals surface area (Å²) in [5, 5.41) is 13.1. The highest BCUT2D eigenvalue weighted by Crippen LogP contribution is 2.41. The first-order valence-electron chi connectivity index (χ1n) is 11.2. The summed E-state index contributed by atoms with van der Waals surface area (Å²) < 4.78 is 0. The molecule has 2 aliphatic rings. The highest BCUT2D eigenvalue weighted by Gasteiger charge is 2.45. The zero-order chi connectivity index (χ0) is 23.1. The van der Waals surface area contributed by atoms with E-state index in [0.717, 1.165) is 34.6 Å². The van der Waals surface area contributed by atoms with Crippen LogP contribution in [0, 0.1) is 17.3 Å². The molecule has 1 aromatic carbocycles. The first kappa shape index (κ1) is 23.6. The molecule has 0 spiro atoms. The van der Waals surface area contributed by atoms with Crippen LogP contribution in [0.2, 0.25) is 5.02 Å². The van der Waals surface area contributed by atoms with Crippen LogP contribution in [0.1, 0.15) is 71.9 Å². The Morgan fingerprint density at radius 1 is 1.32 bits per heavy atom. The number of carboxylic acids is 1. The van der Waals surface area contributed by atoms with E-state index in [1.54, 1.807) is 4.90 Å². The average Bonchev–Trinajstić information content (AvgIpc) is 2.59. The molecule has 0 unspecified atom stereocenters. The third-order valence-electron chi connectivity index (χ3n) is 6.70. The van der Waals surface area contributed by atoms with Crippen molar-refractivity contribution in [3.05, 3.63) is 46.1 Å². The molecule has 1 fully saturated rings. The number of hydrogen-bond acceptors (Lipinski definition) is 2. The molecule has 0 aromatic heterocycles. The second kappa shape index (κ2) is 8.50. The number of nitrogens with zero attached hydrogens (tertiary/aromatic N) is 1. The van der Waals surface area contributed by atoms with Gasteiger partial charge < -0.3 is 10.4 Å². The van der Waals surface area contributed by atoms with Crippen molar-refractivity contribution in [1.82, 2.24) is 10.2 Å². The van der Waals surface area contributed by atoms with Gasteiger partial charge in [0.25, 0.3) is 0 Å². The highest BCUT2D eigenvalue weighted by atomic mass is 35.5. The molecule has 1 aliphatic carbocycles. The Kier molecular flexibility index (Phi) is 6.48. The van der Waals surface area contributed by atoms with Crippen LogP contribution in [0.4, 0.5) is 4.79 Å². The number of aryl methyl sites for hydroxylation is 1. The quantitative estimate of drug-likeness (QED) is 0.566. The van der Waals surface area contributed by atoms with E-state index in [1.165, 1.54) is 0 Å². The summed E-state index contributed by atoms with van der Waals surface area (Å²) in [7, 11) is 0. The third kappa shape index (κ3) is 4.92. The van der Waals surface area contributed by atoms with Gasteiger partial charge in [0.05, 0.1) is 11.5 Å². The monoisotopic (exact) mass is 446 g/mol. The van der Waals surface area contributed by atoms with Crippen LogP contribution in [0.15, 0.2) is 30.0 Å². The zero-order valence-electron chi connectivity index (χ0n) is 19.5. The lowest BCUT2D eigenvalue weighted by atomic mass is 9.76. The van der Waals surface area contributed by atoms with Crippen molar-refractivity contribution >= 4 is 23.6 Å². The number of halogens is 1. The SMILES string of the molecule is CC(C)C1=CN([C@H]2C[C@H](C(=O)O)C2)C(=O)N[C@@]1(C)c1ccc(CCC(C)(C)C)c(Cl)c1. The Bertz CT molecular complexity index is 897. The smallest absolute Gasteiger partial charge is 0.322 e. The summed E-state index contributed by atoms with van der Waals surface area (Å²) in [4.78, 5) is 25.9. The van der Waals surface area contributed by atoms with Crippen molar-refractivity contribution in [1.29, 1.82) is 0 Å². The van der Waals surface area contributed by atoms with E-state index in [1.807, 2.05) is 19.2 Å². The fourth-order valence-electron chi connectivity index (χ4n) is 4.51. The lowest BCUT2D eigenvalue weighted by molar-refractivity contribution is -0.146. The molecule has 2 N–H and O–H groups in total. The van der Waals surface area contributed by atoms with E-state index in [2.05, 4.69) is 52.1 Å². The van der Waals surface area contributed by atoms with Crippen molar-refractivity contribution in [3.8, 4) is 0 Å². The number of carbonyl (C=O) groups is 2.